The number of carboxylic acids is 1. The average molecular weight is 534 g/mol. The highest BCUT2D eigenvalue weighted by Crippen LogP contribution is 2.04. The number of nitrogens with zero attached hydrogens (tertiary/aromatic N) is 1. The van der Waals surface area contributed by atoms with Gasteiger partial charge in [0.05, 0.1) is 26.1 Å². The average Bonchev–Trinajstić information content (AvgIpc) is 3.42. The van der Waals surface area contributed by atoms with E-state index in [0.717, 1.165) is 0 Å². The molecule has 4 atom stereocenters. The molecule has 2 aromatic rings. The van der Waals surface area contributed by atoms with Crippen molar-refractivity contribution in [2.75, 3.05) is 19.8 Å². The molecule has 1 aromatic carbocycles. The zero-order valence-electron chi connectivity index (χ0n) is 20.3. The Balaban J connectivity index is 1.95. The van der Waals surface area contributed by atoms with Crippen molar-refractivity contribution in [3.05, 3.63) is 54.1 Å². The lowest BCUT2D eigenvalue weighted by Crippen LogP contribution is -2.58. The molecule has 0 aliphatic carbocycles. The number of carbonyl (C=O) groups is 5. The molecule has 10 N–H and O–H groups in total. The third kappa shape index (κ3) is 9.61. The molecule has 0 unspecified atom stereocenters. The fraction of sp³-hybridized carbons (Fsp3) is 0.391. The molecule has 206 valence electrons. The number of aliphatic hydroxyl groups is 2. The number of H-pyrrole nitrogens is 1. The summed E-state index contributed by atoms with van der Waals surface area (Å²) >= 11 is 0. The number of nitrogens with two attached hydrogens (primary N) is 1. The first-order chi connectivity index (χ1) is 18.1. The summed E-state index contributed by atoms with van der Waals surface area (Å²) in [5, 5.41) is 37.3. The van der Waals surface area contributed by atoms with Gasteiger partial charge in [-0.15, -0.1) is 0 Å². The summed E-state index contributed by atoms with van der Waals surface area (Å²) in [6.07, 6.45) is 2.72. The van der Waals surface area contributed by atoms with E-state index in [9.17, 15) is 34.2 Å². The van der Waals surface area contributed by atoms with E-state index in [1.165, 1.54) is 12.5 Å². The van der Waals surface area contributed by atoms with Crippen LogP contribution < -0.4 is 27.0 Å². The molecule has 38 heavy (non-hydrogen) atoms. The molecular weight excluding hydrogens is 502 g/mol. The van der Waals surface area contributed by atoms with Crippen LogP contribution in [0.5, 0.6) is 0 Å². The van der Waals surface area contributed by atoms with E-state index in [1.54, 1.807) is 30.3 Å². The topological polar surface area (TPSA) is 249 Å². The highest BCUT2D eigenvalue weighted by molar-refractivity contribution is 5.94. The van der Waals surface area contributed by atoms with Crippen molar-refractivity contribution in [2.24, 2.45) is 5.73 Å². The smallest absolute Gasteiger partial charge is 0.326 e. The molecule has 0 aliphatic heterocycles. The van der Waals surface area contributed by atoms with Crippen LogP contribution in [0.3, 0.4) is 0 Å². The number of carbonyl (C=O) groups excluding carboxylic acids is 4. The van der Waals surface area contributed by atoms with Crippen LogP contribution in [0.25, 0.3) is 0 Å². The van der Waals surface area contributed by atoms with Gasteiger partial charge >= 0.3 is 5.97 Å². The van der Waals surface area contributed by atoms with Crippen LogP contribution in [0.4, 0.5) is 0 Å². The Kier molecular flexibility index (Phi) is 11.8. The molecule has 0 radical (unpaired) electrons. The maximum absolute atomic E-state index is 12.8. The van der Waals surface area contributed by atoms with E-state index in [1.807, 2.05) is 0 Å². The predicted molar refractivity (Wildman–Crippen MR) is 131 cm³/mol. The van der Waals surface area contributed by atoms with Crippen LogP contribution in [0.1, 0.15) is 11.3 Å². The minimum absolute atomic E-state index is 0.0224. The number of hydrogen-bond donors (Lipinski definition) is 9. The van der Waals surface area contributed by atoms with Crippen LogP contribution in [0.15, 0.2) is 42.9 Å². The van der Waals surface area contributed by atoms with Crippen LogP contribution >= 0.6 is 0 Å². The van der Waals surface area contributed by atoms with E-state index in [2.05, 4.69) is 31.2 Å². The highest BCUT2D eigenvalue weighted by Gasteiger charge is 2.29. The van der Waals surface area contributed by atoms with Gasteiger partial charge in [-0.2, -0.15) is 0 Å². The fourth-order valence-corrected chi connectivity index (χ4v) is 3.24. The molecule has 2 rings (SSSR count). The normalized spacial score (nSPS) is 13.9. The fourth-order valence-electron chi connectivity index (χ4n) is 3.24. The van der Waals surface area contributed by atoms with Gasteiger partial charge in [0.1, 0.15) is 24.2 Å². The van der Waals surface area contributed by atoms with Crippen molar-refractivity contribution in [2.45, 2.75) is 37.0 Å². The number of amides is 4. The molecule has 0 bridgehead atoms. The number of aromatic nitrogens is 2. The lowest BCUT2D eigenvalue weighted by atomic mass is 10.1. The second-order valence-corrected chi connectivity index (χ2v) is 8.24. The van der Waals surface area contributed by atoms with E-state index < -0.39 is 73.5 Å². The number of benzene rings is 1. The Morgan fingerprint density at radius 3 is 2.13 bits per heavy atom. The van der Waals surface area contributed by atoms with Gasteiger partial charge in [-0.3, -0.25) is 19.2 Å². The molecule has 0 saturated carbocycles. The Labute approximate surface area is 217 Å². The zero-order chi connectivity index (χ0) is 28.1. The summed E-state index contributed by atoms with van der Waals surface area (Å²) in [6, 6.07) is 3.35. The standard InChI is InChI=1S/C23H31N7O8/c24-15(10-31)20(34)29-16(7-14-8-25-12-27-14)22(36)30-18(11-32)21(35)26-9-19(33)28-17(23(37)38)6-13-4-2-1-3-5-13/h1-5,8,12,15-18,31-32H,6-7,9-11,24H2,(H,25,27)(H,26,35)(H,28,33)(H,29,34)(H,30,36)(H,37,38)/t15-,16-,17-,18-/m0/s1. The predicted octanol–water partition coefficient (Wildman–Crippen LogP) is -3.84. The maximum Gasteiger partial charge on any atom is 0.326 e. The van der Waals surface area contributed by atoms with E-state index in [-0.39, 0.29) is 12.8 Å². The zero-order valence-corrected chi connectivity index (χ0v) is 20.3. The van der Waals surface area contributed by atoms with E-state index in [4.69, 9.17) is 10.8 Å². The van der Waals surface area contributed by atoms with E-state index in [0.29, 0.717) is 11.3 Å². The molecule has 1 aromatic heterocycles. The number of aromatic amines is 1. The molecule has 4 amide bonds. The van der Waals surface area contributed by atoms with E-state index >= 15 is 0 Å². The van der Waals surface area contributed by atoms with Crippen molar-refractivity contribution < 1.29 is 39.3 Å². The van der Waals surface area contributed by atoms with Gasteiger partial charge in [0.25, 0.3) is 0 Å². The van der Waals surface area contributed by atoms with Gasteiger partial charge < -0.3 is 47.3 Å². The van der Waals surface area contributed by atoms with Gasteiger partial charge in [0.2, 0.25) is 23.6 Å². The van der Waals surface area contributed by atoms with Crippen molar-refractivity contribution in [1.29, 1.82) is 0 Å². The first-order valence-corrected chi connectivity index (χ1v) is 11.5. The SMILES string of the molecule is N[C@@H](CO)C(=O)N[C@@H](Cc1cnc[nH]1)C(=O)N[C@@H](CO)C(=O)NCC(=O)N[C@@H](Cc1ccccc1)C(=O)O. The molecule has 15 heteroatoms. The summed E-state index contributed by atoms with van der Waals surface area (Å²) in [6.45, 7) is -2.13. The quantitative estimate of drug-likeness (QED) is 0.108. The van der Waals surface area contributed by atoms with Gasteiger partial charge in [-0.05, 0) is 5.56 Å². The van der Waals surface area contributed by atoms with Crippen molar-refractivity contribution >= 4 is 29.6 Å². The second-order valence-electron chi connectivity index (χ2n) is 8.24. The summed E-state index contributed by atoms with van der Waals surface area (Å²) in [5.41, 5.74) is 6.64. The Hall–Kier alpha value is -4.34. The van der Waals surface area contributed by atoms with Crippen molar-refractivity contribution in [3.8, 4) is 0 Å². The van der Waals surface area contributed by atoms with Crippen molar-refractivity contribution in [3.63, 3.8) is 0 Å². The lowest BCUT2D eigenvalue weighted by Gasteiger charge is -2.23. The third-order valence-electron chi connectivity index (χ3n) is 5.30. The summed E-state index contributed by atoms with van der Waals surface area (Å²) < 4.78 is 0. The number of nitrogens with one attached hydrogen (secondary N) is 5. The van der Waals surface area contributed by atoms with Crippen LogP contribution in [0.2, 0.25) is 0 Å². The molecular formula is C23H31N7O8. The Morgan fingerprint density at radius 2 is 1.55 bits per heavy atom. The monoisotopic (exact) mass is 533 g/mol. The lowest BCUT2D eigenvalue weighted by molar-refractivity contribution is -0.141. The number of hydrogen-bond acceptors (Lipinski definition) is 9. The number of aliphatic hydroxyl groups excluding tert-OH is 2. The molecule has 0 fully saturated rings. The molecule has 0 saturated heterocycles. The second kappa shape index (κ2) is 15.0. The number of rotatable bonds is 15. The number of aliphatic carboxylic acids is 1. The van der Waals surface area contributed by atoms with Crippen LogP contribution in [-0.4, -0.2) is 98.8 Å². The summed E-state index contributed by atoms with van der Waals surface area (Å²) in [4.78, 5) is 67.8. The highest BCUT2D eigenvalue weighted by atomic mass is 16.4. The number of carboxylic acid groups (broad SMARTS) is 1. The third-order valence-corrected chi connectivity index (χ3v) is 5.30. The molecule has 1 heterocycles. The number of imidazole rings is 1. The summed E-state index contributed by atoms with van der Waals surface area (Å²) in [5.74, 6) is -4.67. The van der Waals surface area contributed by atoms with Crippen LogP contribution in [-0.2, 0) is 36.8 Å². The maximum atomic E-state index is 12.8. The minimum Gasteiger partial charge on any atom is -0.480 e. The van der Waals surface area contributed by atoms with Gasteiger partial charge in [-0.1, -0.05) is 30.3 Å². The summed E-state index contributed by atoms with van der Waals surface area (Å²) in [7, 11) is 0. The first-order valence-electron chi connectivity index (χ1n) is 11.5. The van der Waals surface area contributed by atoms with Crippen LogP contribution in [0, 0.1) is 0 Å². The first kappa shape index (κ1) is 29.9. The van der Waals surface area contributed by atoms with Gasteiger partial charge in [0, 0.05) is 24.7 Å². The molecule has 15 nitrogen and oxygen atoms in total. The minimum atomic E-state index is -1.50. The van der Waals surface area contributed by atoms with Crippen molar-refractivity contribution in [1.82, 2.24) is 31.2 Å². The Bertz CT molecular complexity index is 1080. The molecule has 0 aliphatic rings. The van der Waals surface area contributed by atoms with Gasteiger partial charge in [0.15, 0.2) is 0 Å². The van der Waals surface area contributed by atoms with Gasteiger partial charge in [-0.25, -0.2) is 9.78 Å². The largest absolute Gasteiger partial charge is 0.480 e. The Morgan fingerprint density at radius 1 is 0.868 bits per heavy atom. The molecule has 0 spiro atoms.